The van der Waals surface area contributed by atoms with Crippen LogP contribution < -0.4 is 5.32 Å². The average Bonchev–Trinajstić information content (AvgIpc) is 2.29. The third-order valence-electron chi connectivity index (χ3n) is 2.64. The predicted molar refractivity (Wildman–Crippen MR) is 78.3 cm³/mol. The molecule has 0 aromatic heterocycles. The standard InChI is InChI=1S/C13H16Cl3N/c1-4-17-9(3)8(2)7-10-11(14)5-6-12(15)13(10)16/h5-7,9,17H,4H2,1-3H3/b8-7+. The van der Waals surface area contributed by atoms with Crippen LogP contribution in [-0.2, 0) is 0 Å². The molecule has 1 aromatic rings. The number of hydrogen-bond acceptors (Lipinski definition) is 1. The highest BCUT2D eigenvalue weighted by atomic mass is 35.5. The quantitative estimate of drug-likeness (QED) is 0.766. The van der Waals surface area contributed by atoms with Crippen molar-refractivity contribution in [1.29, 1.82) is 0 Å². The Morgan fingerprint density at radius 1 is 1.29 bits per heavy atom. The lowest BCUT2D eigenvalue weighted by Gasteiger charge is -2.14. The normalized spacial score (nSPS) is 13.9. The maximum Gasteiger partial charge on any atom is 0.0679 e. The molecule has 1 atom stereocenters. The number of nitrogens with one attached hydrogen (secondary N) is 1. The lowest BCUT2D eigenvalue weighted by Crippen LogP contribution is -2.26. The van der Waals surface area contributed by atoms with Gasteiger partial charge in [-0.25, -0.2) is 0 Å². The molecule has 0 spiro atoms. The van der Waals surface area contributed by atoms with E-state index in [1.54, 1.807) is 12.1 Å². The van der Waals surface area contributed by atoms with Gasteiger partial charge in [0.25, 0.3) is 0 Å². The molecule has 0 aliphatic rings. The fraction of sp³-hybridized carbons (Fsp3) is 0.385. The van der Waals surface area contributed by atoms with E-state index in [2.05, 4.69) is 19.2 Å². The molecule has 94 valence electrons. The van der Waals surface area contributed by atoms with Crippen LogP contribution in [-0.4, -0.2) is 12.6 Å². The van der Waals surface area contributed by atoms with Crippen LogP contribution in [0.15, 0.2) is 17.7 Å². The molecule has 0 heterocycles. The summed E-state index contributed by atoms with van der Waals surface area (Å²) in [5.41, 5.74) is 1.95. The summed E-state index contributed by atoms with van der Waals surface area (Å²) in [6.07, 6.45) is 1.98. The average molecular weight is 293 g/mol. The number of rotatable bonds is 4. The zero-order chi connectivity index (χ0) is 13.0. The largest absolute Gasteiger partial charge is 0.311 e. The SMILES string of the molecule is CCNC(C)/C(C)=C/c1c(Cl)ccc(Cl)c1Cl. The van der Waals surface area contributed by atoms with Gasteiger partial charge in [-0.2, -0.15) is 0 Å². The van der Waals surface area contributed by atoms with Crippen molar-refractivity contribution in [3.05, 3.63) is 38.3 Å². The van der Waals surface area contributed by atoms with Gasteiger partial charge in [0.1, 0.15) is 0 Å². The number of benzene rings is 1. The second-order valence-electron chi connectivity index (χ2n) is 3.92. The monoisotopic (exact) mass is 291 g/mol. The van der Waals surface area contributed by atoms with Crippen molar-refractivity contribution in [3.8, 4) is 0 Å². The highest BCUT2D eigenvalue weighted by Crippen LogP contribution is 2.33. The zero-order valence-corrected chi connectivity index (χ0v) is 12.4. The van der Waals surface area contributed by atoms with Gasteiger partial charge in [0, 0.05) is 16.6 Å². The Bertz CT molecular complexity index is 427. The second-order valence-corrected chi connectivity index (χ2v) is 5.12. The van der Waals surface area contributed by atoms with E-state index >= 15 is 0 Å². The van der Waals surface area contributed by atoms with Crippen LogP contribution in [0.25, 0.3) is 6.08 Å². The molecule has 4 heteroatoms. The zero-order valence-electron chi connectivity index (χ0n) is 10.2. The fourth-order valence-electron chi connectivity index (χ4n) is 1.49. The molecule has 0 amide bonds. The molecule has 1 unspecified atom stereocenters. The second kappa shape index (κ2) is 6.65. The first kappa shape index (κ1) is 14.8. The summed E-state index contributed by atoms with van der Waals surface area (Å²) in [5, 5.41) is 4.97. The van der Waals surface area contributed by atoms with Crippen LogP contribution in [0.5, 0.6) is 0 Å². The Balaban J connectivity index is 3.09. The summed E-state index contributed by atoms with van der Waals surface area (Å²) in [4.78, 5) is 0. The Labute approximate surface area is 118 Å². The Morgan fingerprint density at radius 2 is 1.88 bits per heavy atom. The molecule has 0 radical (unpaired) electrons. The number of likely N-dealkylation sites (N-methyl/N-ethyl adjacent to an activating group) is 1. The third-order valence-corrected chi connectivity index (χ3v) is 3.79. The first-order valence-electron chi connectivity index (χ1n) is 5.52. The highest BCUT2D eigenvalue weighted by Gasteiger charge is 2.09. The van der Waals surface area contributed by atoms with Crippen LogP contribution in [0.3, 0.4) is 0 Å². The molecule has 1 aromatic carbocycles. The molecule has 0 bridgehead atoms. The molecule has 17 heavy (non-hydrogen) atoms. The van der Waals surface area contributed by atoms with Crippen LogP contribution in [0.2, 0.25) is 15.1 Å². The molecule has 0 aliphatic carbocycles. The highest BCUT2D eigenvalue weighted by molar-refractivity contribution is 6.44. The summed E-state index contributed by atoms with van der Waals surface area (Å²) in [7, 11) is 0. The van der Waals surface area contributed by atoms with E-state index in [4.69, 9.17) is 34.8 Å². The molecule has 1 N–H and O–H groups in total. The van der Waals surface area contributed by atoms with E-state index in [1.165, 1.54) is 0 Å². The lowest BCUT2D eigenvalue weighted by molar-refractivity contribution is 0.636. The fourth-order valence-corrected chi connectivity index (χ4v) is 2.14. The van der Waals surface area contributed by atoms with Crippen molar-refractivity contribution in [2.75, 3.05) is 6.54 Å². The van der Waals surface area contributed by atoms with Crippen LogP contribution in [0, 0.1) is 0 Å². The van der Waals surface area contributed by atoms with E-state index in [-0.39, 0.29) is 6.04 Å². The van der Waals surface area contributed by atoms with Crippen LogP contribution in [0.1, 0.15) is 26.3 Å². The Morgan fingerprint density at radius 3 is 2.47 bits per heavy atom. The van der Waals surface area contributed by atoms with Gasteiger partial charge in [0.2, 0.25) is 0 Å². The van der Waals surface area contributed by atoms with E-state index in [0.717, 1.165) is 17.7 Å². The van der Waals surface area contributed by atoms with Crippen molar-refractivity contribution in [2.45, 2.75) is 26.8 Å². The Kier molecular flexibility index (Phi) is 5.81. The van der Waals surface area contributed by atoms with Gasteiger partial charge in [0.05, 0.1) is 10.0 Å². The summed E-state index contributed by atoms with van der Waals surface area (Å²) >= 11 is 18.2. The minimum atomic E-state index is 0.283. The molecule has 1 rings (SSSR count). The topological polar surface area (TPSA) is 12.0 Å². The Hall–Kier alpha value is -0.210. The molecule has 0 saturated carbocycles. The van der Waals surface area contributed by atoms with Gasteiger partial charge in [-0.3, -0.25) is 0 Å². The number of halogens is 3. The van der Waals surface area contributed by atoms with Crippen molar-refractivity contribution in [1.82, 2.24) is 5.32 Å². The molecular formula is C13H16Cl3N. The van der Waals surface area contributed by atoms with Crippen molar-refractivity contribution in [3.63, 3.8) is 0 Å². The summed E-state index contributed by atoms with van der Waals surface area (Å²) in [6.45, 7) is 7.13. The third kappa shape index (κ3) is 3.89. The van der Waals surface area contributed by atoms with Crippen LogP contribution in [0.4, 0.5) is 0 Å². The van der Waals surface area contributed by atoms with E-state index in [0.29, 0.717) is 15.1 Å². The summed E-state index contributed by atoms with van der Waals surface area (Å²) in [5.74, 6) is 0. The summed E-state index contributed by atoms with van der Waals surface area (Å²) in [6, 6.07) is 3.74. The van der Waals surface area contributed by atoms with E-state index < -0.39 is 0 Å². The molecule has 1 nitrogen and oxygen atoms in total. The molecule has 0 aliphatic heterocycles. The van der Waals surface area contributed by atoms with E-state index in [9.17, 15) is 0 Å². The van der Waals surface area contributed by atoms with Crippen molar-refractivity contribution < 1.29 is 0 Å². The number of hydrogen-bond donors (Lipinski definition) is 1. The van der Waals surface area contributed by atoms with Crippen molar-refractivity contribution in [2.24, 2.45) is 0 Å². The smallest absolute Gasteiger partial charge is 0.0679 e. The van der Waals surface area contributed by atoms with Crippen molar-refractivity contribution >= 4 is 40.9 Å². The molecular weight excluding hydrogens is 277 g/mol. The minimum absolute atomic E-state index is 0.283. The first-order chi connectivity index (χ1) is 7.97. The van der Waals surface area contributed by atoms with Gasteiger partial charge in [0.15, 0.2) is 0 Å². The van der Waals surface area contributed by atoms with Gasteiger partial charge < -0.3 is 5.32 Å². The van der Waals surface area contributed by atoms with E-state index in [1.807, 2.05) is 13.0 Å². The predicted octanol–water partition coefficient (Wildman–Crippen LogP) is 5.05. The van der Waals surface area contributed by atoms with Gasteiger partial charge in [-0.15, -0.1) is 0 Å². The van der Waals surface area contributed by atoms with Gasteiger partial charge >= 0.3 is 0 Å². The molecule has 0 fully saturated rings. The first-order valence-corrected chi connectivity index (χ1v) is 6.65. The molecule has 0 saturated heterocycles. The van der Waals surface area contributed by atoms with Gasteiger partial charge in [-0.05, 0) is 32.5 Å². The maximum atomic E-state index is 6.14. The maximum absolute atomic E-state index is 6.14. The minimum Gasteiger partial charge on any atom is -0.311 e. The lowest BCUT2D eigenvalue weighted by atomic mass is 10.1. The van der Waals surface area contributed by atoms with Gasteiger partial charge in [-0.1, -0.05) is 53.4 Å². The van der Waals surface area contributed by atoms with Crippen LogP contribution >= 0.6 is 34.8 Å². The summed E-state index contributed by atoms with van der Waals surface area (Å²) < 4.78 is 0.